The molecule has 3 rings (SSSR count). The van der Waals surface area contributed by atoms with Gasteiger partial charge in [0.2, 0.25) is 0 Å². The Balaban J connectivity index is 1.84. The van der Waals surface area contributed by atoms with Crippen LogP contribution in [0.2, 0.25) is 0 Å². The first-order chi connectivity index (χ1) is 9.27. The molecule has 1 saturated carbocycles. The van der Waals surface area contributed by atoms with Gasteiger partial charge in [0, 0.05) is 12.7 Å². The molecule has 1 saturated heterocycles. The van der Waals surface area contributed by atoms with E-state index in [0.29, 0.717) is 24.4 Å². The van der Waals surface area contributed by atoms with E-state index in [2.05, 4.69) is 4.98 Å². The summed E-state index contributed by atoms with van der Waals surface area (Å²) < 4.78 is 5.79. The molecule has 2 aliphatic rings. The highest BCUT2D eigenvalue weighted by molar-refractivity contribution is 5.99. The molecule has 2 atom stereocenters. The Labute approximate surface area is 112 Å². The zero-order valence-corrected chi connectivity index (χ0v) is 10.9. The summed E-state index contributed by atoms with van der Waals surface area (Å²) in [6.45, 7) is 1.28. The summed E-state index contributed by atoms with van der Waals surface area (Å²) in [7, 11) is 0. The number of ether oxygens (including phenoxy) is 1. The molecule has 2 heterocycles. The molecule has 1 aromatic heterocycles. The Morgan fingerprint density at radius 1 is 1.42 bits per heavy atom. The lowest BCUT2D eigenvalue weighted by atomic mass is 9.89. The van der Waals surface area contributed by atoms with Gasteiger partial charge in [0.15, 0.2) is 0 Å². The van der Waals surface area contributed by atoms with Crippen molar-refractivity contribution in [2.24, 2.45) is 0 Å². The standard InChI is InChI=1S/C14H19N3O2/c15-11-9-16-6-5-10(11)14(18)17-7-8-19-13-4-2-1-3-12(13)17/h5-6,9,12-13H,1-4,7-8,15H2. The minimum atomic E-state index is 0.0140. The number of rotatable bonds is 1. The summed E-state index contributed by atoms with van der Waals surface area (Å²) in [5.74, 6) is 0.0140. The van der Waals surface area contributed by atoms with E-state index in [9.17, 15) is 4.79 Å². The largest absolute Gasteiger partial charge is 0.397 e. The zero-order chi connectivity index (χ0) is 13.2. The first-order valence-corrected chi connectivity index (χ1v) is 6.89. The molecule has 0 spiro atoms. The molecule has 2 N–H and O–H groups in total. The number of aromatic nitrogens is 1. The number of anilines is 1. The smallest absolute Gasteiger partial charge is 0.256 e. The maximum atomic E-state index is 12.6. The number of fused-ring (bicyclic) bond motifs is 1. The molecule has 5 nitrogen and oxygen atoms in total. The minimum Gasteiger partial charge on any atom is -0.397 e. The number of carbonyl (C=O) groups excluding carboxylic acids is 1. The monoisotopic (exact) mass is 261 g/mol. The second-order valence-electron chi connectivity index (χ2n) is 5.22. The highest BCUT2D eigenvalue weighted by Crippen LogP contribution is 2.29. The van der Waals surface area contributed by atoms with Crippen LogP contribution in [0.25, 0.3) is 0 Å². The van der Waals surface area contributed by atoms with Gasteiger partial charge >= 0.3 is 0 Å². The van der Waals surface area contributed by atoms with Crippen molar-refractivity contribution < 1.29 is 9.53 Å². The van der Waals surface area contributed by atoms with Crippen LogP contribution in [0.4, 0.5) is 5.69 Å². The average Bonchev–Trinajstić information content (AvgIpc) is 2.46. The van der Waals surface area contributed by atoms with E-state index in [-0.39, 0.29) is 18.1 Å². The summed E-state index contributed by atoms with van der Waals surface area (Å²) in [4.78, 5) is 18.5. The van der Waals surface area contributed by atoms with E-state index in [1.54, 1.807) is 12.3 Å². The van der Waals surface area contributed by atoms with Gasteiger partial charge in [0.25, 0.3) is 5.91 Å². The van der Waals surface area contributed by atoms with Gasteiger partial charge in [0.1, 0.15) is 0 Å². The van der Waals surface area contributed by atoms with Gasteiger partial charge in [-0.25, -0.2) is 0 Å². The van der Waals surface area contributed by atoms with Crippen LogP contribution in [-0.4, -0.2) is 41.1 Å². The Kier molecular flexibility index (Phi) is 3.38. The van der Waals surface area contributed by atoms with Crippen LogP contribution in [0.1, 0.15) is 36.0 Å². The highest BCUT2D eigenvalue weighted by Gasteiger charge is 2.37. The molecule has 1 aromatic rings. The van der Waals surface area contributed by atoms with Crippen LogP contribution in [0.15, 0.2) is 18.5 Å². The van der Waals surface area contributed by atoms with Crippen LogP contribution in [-0.2, 0) is 4.74 Å². The van der Waals surface area contributed by atoms with Crippen molar-refractivity contribution in [3.63, 3.8) is 0 Å². The predicted molar refractivity (Wildman–Crippen MR) is 71.7 cm³/mol. The summed E-state index contributed by atoms with van der Waals surface area (Å²) in [6.07, 6.45) is 7.80. The molecular formula is C14H19N3O2. The molecule has 0 radical (unpaired) electrons. The number of carbonyl (C=O) groups is 1. The number of nitrogen functional groups attached to an aromatic ring is 1. The number of pyridine rings is 1. The quantitative estimate of drug-likeness (QED) is 0.830. The molecule has 1 aliphatic carbocycles. The lowest BCUT2D eigenvalue weighted by molar-refractivity contribution is -0.0752. The van der Waals surface area contributed by atoms with Crippen LogP contribution >= 0.6 is 0 Å². The zero-order valence-electron chi connectivity index (χ0n) is 10.9. The molecule has 2 unspecified atom stereocenters. The fourth-order valence-corrected chi connectivity index (χ4v) is 3.10. The maximum Gasteiger partial charge on any atom is 0.256 e. The Bertz CT molecular complexity index is 476. The van der Waals surface area contributed by atoms with Crippen LogP contribution < -0.4 is 5.73 Å². The van der Waals surface area contributed by atoms with Crippen molar-refractivity contribution >= 4 is 11.6 Å². The third-order valence-electron chi connectivity index (χ3n) is 4.08. The third kappa shape index (κ3) is 2.30. The van der Waals surface area contributed by atoms with Crippen LogP contribution in [0.3, 0.4) is 0 Å². The van der Waals surface area contributed by atoms with Crippen molar-refractivity contribution in [2.45, 2.75) is 37.8 Å². The van der Waals surface area contributed by atoms with E-state index in [0.717, 1.165) is 12.8 Å². The van der Waals surface area contributed by atoms with Crippen molar-refractivity contribution in [1.29, 1.82) is 0 Å². The van der Waals surface area contributed by atoms with Crippen molar-refractivity contribution in [3.8, 4) is 0 Å². The Morgan fingerprint density at radius 2 is 2.26 bits per heavy atom. The second kappa shape index (κ2) is 5.17. The van der Waals surface area contributed by atoms with Gasteiger partial charge in [0.05, 0.1) is 36.2 Å². The third-order valence-corrected chi connectivity index (χ3v) is 4.08. The molecule has 5 heteroatoms. The molecule has 102 valence electrons. The van der Waals surface area contributed by atoms with E-state index in [1.165, 1.54) is 19.0 Å². The second-order valence-corrected chi connectivity index (χ2v) is 5.22. The average molecular weight is 261 g/mol. The Hall–Kier alpha value is -1.62. The van der Waals surface area contributed by atoms with Gasteiger partial charge in [-0.15, -0.1) is 0 Å². The summed E-state index contributed by atoms with van der Waals surface area (Å²) in [6, 6.07) is 1.91. The van der Waals surface area contributed by atoms with Gasteiger partial charge in [-0.05, 0) is 18.9 Å². The topological polar surface area (TPSA) is 68.5 Å². The summed E-state index contributed by atoms with van der Waals surface area (Å²) in [5, 5.41) is 0. The lowest BCUT2D eigenvalue weighted by Crippen LogP contribution is -2.54. The summed E-state index contributed by atoms with van der Waals surface area (Å²) in [5.41, 5.74) is 6.86. The SMILES string of the molecule is Nc1cnccc1C(=O)N1CCOC2CCCCC21. The molecule has 19 heavy (non-hydrogen) atoms. The van der Waals surface area contributed by atoms with Crippen molar-refractivity contribution in [1.82, 2.24) is 9.88 Å². The first-order valence-electron chi connectivity index (χ1n) is 6.89. The highest BCUT2D eigenvalue weighted by atomic mass is 16.5. The molecule has 0 aromatic carbocycles. The predicted octanol–water partition coefficient (Wildman–Crippen LogP) is 1.45. The maximum absolute atomic E-state index is 12.6. The fraction of sp³-hybridized carbons (Fsp3) is 0.571. The van der Waals surface area contributed by atoms with Gasteiger partial charge in [-0.2, -0.15) is 0 Å². The van der Waals surface area contributed by atoms with E-state index in [4.69, 9.17) is 10.5 Å². The van der Waals surface area contributed by atoms with Crippen LogP contribution in [0.5, 0.6) is 0 Å². The number of nitrogens with zero attached hydrogens (tertiary/aromatic N) is 2. The summed E-state index contributed by atoms with van der Waals surface area (Å²) >= 11 is 0. The molecule has 0 bridgehead atoms. The molecule has 1 amide bonds. The van der Waals surface area contributed by atoms with Crippen LogP contribution in [0, 0.1) is 0 Å². The van der Waals surface area contributed by atoms with Crippen molar-refractivity contribution in [2.75, 3.05) is 18.9 Å². The first kappa shape index (κ1) is 12.4. The van der Waals surface area contributed by atoms with Gasteiger partial charge in [-0.1, -0.05) is 12.8 Å². The number of hydrogen-bond acceptors (Lipinski definition) is 4. The normalized spacial score (nSPS) is 26.8. The fourth-order valence-electron chi connectivity index (χ4n) is 3.10. The molecule has 1 aliphatic heterocycles. The van der Waals surface area contributed by atoms with E-state index < -0.39 is 0 Å². The number of morpholine rings is 1. The van der Waals surface area contributed by atoms with E-state index >= 15 is 0 Å². The molecule has 2 fully saturated rings. The lowest BCUT2D eigenvalue weighted by Gasteiger charge is -2.43. The van der Waals surface area contributed by atoms with E-state index in [1.807, 2.05) is 4.90 Å². The van der Waals surface area contributed by atoms with Gasteiger partial charge in [-0.3, -0.25) is 9.78 Å². The Morgan fingerprint density at radius 3 is 3.11 bits per heavy atom. The number of hydrogen-bond donors (Lipinski definition) is 1. The molecular weight excluding hydrogens is 242 g/mol. The number of amides is 1. The van der Waals surface area contributed by atoms with Crippen molar-refractivity contribution in [3.05, 3.63) is 24.0 Å². The number of nitrogens with two attached hydrogens (primary N) is 1. The minimum absolute atomic E-state index is 0.0140. The van der Waals surface area contributed by atoms with Gasteiger partial charge < -0.3 is 15.4 Å².